The maximum atomic E-state index is 9.75. The first-order chi connectivity index (χ1) is 7.34. The molecule has 0 spiro atoms. The van der Waals surface area contributed by atoms with Crippen LogP contribution in [0.2, 0.25) is 0 Å². The summed E-state index contributed by atoms with van der Waals surface area (Å²) in [5, 5.41) is 13.9. The Morgan fingerprint density at radius 3 is 2.93 bits per heavy atom. The van der Waals surface area contributed by atoms with E-state index in [0.717, 1.165) is 12.8 Å². The fraction of sp³-hybridized carbons (Fsp3) is 0.636. The summed E-state index contributed by atoms with van der Waals surface area (Å²) < 4.78 is 10.6. The highest BCUT2D eigenvalue weighted by atomic mass is 32.1. The van der Waals surface area contributed by atoms with Crippen molar-refractivity contribution < 1.29 is 14.6 Å². The number of aliphatic hydroxyl groups excluding tert-OH is 1. The van der Waals surface area contributed by atoms with Crippen molar-refractivity contribution in [2.24, 2.45) is 0 Å². The Bertz CT molecular complexity index is 267. The fourth-order valence-corrected chi connectivity index (χ4v) is 2.35. The molecule has 1 aromatic heterocycles. The zero-order chi connectivity index (χ0) is 10.5. The largest absolute Gasteiger partial charge is 0.393 e. The first-order valence-corrected chi connectivity index (χ1v) is 6.21. The zero-order valence-electron chi connectivity index (χ0n) is 8.59. The van der Waals surface area contributed by atoms with E-state index in [-0.39, 0.29) is 12.4 Å². The summed E-state index contributed by atoms with van der Waals surface area (Å²) >= 11 is 1.69. The molecule has 2 heterocycles. The van der Waals surface area contributed by atoms with Crippen molar-refractivity contribution in [3.63, 3.8) is 0 Å². The third kappa shape index (κ3) is 3.57. The average molecular weight is 228 g/mol. The van der Waals surface area contributed by atoms with Crippen molar-refractivity contribution in [2.45, 2.75) is 31.7 Å². The van der Waals surface area contributed by atoms with Gasteiger partial charge in [-0.3, -0.25) is 0 Å². The summed E-state index contributed by atoms with van der Waals surface area (Å²) in [4.78, 5) is 0. The monoisotopic (exact) mass is 228 g/mol. The highest BCUT2D eigenvalue weighted by Crippen LogP contribution is 2.15. The number of aryl methyl sites for hydroxylation is 1. The van der Waals surface area contributed by atoms with Gasteiger partial charge in [-0.15, -0.1) is 0 Å². The fourth-order valence-electron chi connectivity index (χ4n) is 1.65. The number of hydrogen-bond donors (Lipinski definition) is 1. The molecular formula is C11H16O3S. The van der Waals surface area contributed by atoms with Gasteiger partial charge in [-0.2, -0.15) is 11.3 Å². The van der Waals surface area contributed by atoms with Crippen LogP contribution < -0.4 is 0 Å². The molecule has 2 rings (SSSR count). The Labute approximate surface area is 93.6 Å². The molecule has 1 fully saturated rings. The van der Waals surface area contributed by atoms with Crippen molar-refractivity contribution >= 4 is 11.3 Å². The van der Waals surface area contributed by atoms with Gasteiger partial charge in [0, 0.05) is 6.42 Å². The van der Waals surface area contributed by atoms with E-state index >= 15 is 0 Å². The maximum Gasteiger partial charge on any atom is 0.160 e. The molecule has 0 bridgehead atoms. The van der Waals surface area contributed by atoms with Gasteiger partial charge in [-0.25, -0.2) is 0 Å². The van der Waals surface area contributed by atoms with Gasteiger partial charge in [0.05, 0.1) is 19.3 Å². The van der Waals surface area contributed by atoms with E-state index in [1.165, 1.54) is 5.56 Å². The van der Waals surface area contributed by atoms with Crippen LogP contribution >= 0.6 is 11.3 Å². The van der Waals surface area contributed by atoms with E-state index in [1.807, 2.05) is 0 Å². The van der Waals surface area contributed by atoms with E-state index in [2.05, 4.69) is 16.8 Å². The quantitative estimate of drug-likeness (QED) is 0.835. The molecule has 84 valence electrons. The van der Waals surface area contributed by atoms with Crippen LogP contribution in [0.1, 0.15) is 18.4 Å². The van der Waals surface area contributed by atoms with Crippen LogP contribution in [0.4, 0.5) is 0 Å². The summed E-state index contributed by atoms with van der Waals surface area (Å²) in [6.45, 7) is 1.31. The summed E-state index contributed by atoms with van der Waals surface area (Å²) in [6.07, 6.45) is 1.78. The predicted molar refractivity (Wildman–Crippen MR) is 59.0 cm³/mol. The molecule has 0 aromatic carbocycles. The van der Waals surface area contributed by atoms with E-state index in [4.69, 9.17) is 9.47 Å². The van der Waals surface area contributed by atoms with Gasteiger partial charge in [0.1, 0.15) is 0 Å². The highest BCUT2D eigenvalue weighted by Gasteiger charge is 2.19. The number of rotatable bonds is 5. The minimum Gasteiger partial charge on any atom is -0.393 e. The van der Waals surface area contributed by atoms with Gasteiger partial charge in [-0.1, -0.05) is 0 Å². The minimum absolute atomic E-state index is 0.192. The standard InChI is InChI=1S/C11H16O3S/c12-10(7-11-13-4-5-14-11)2-1-9-3-6-15-8-9/h3,6,8,10-12H,1-2,4-5,7H2. The van der Waals surface area contributed by atoms with Gasteiger partial charge in [0.2, 0.25) is 0 Å². The number of ether oxygens (including phenoxy) is 2. The molecule has 1 saturated heterocycles. The summed E-state index contributed by atoms with van der Waals surface area (Å²) in [5.74, 6) is 0. The lowest BCUT2D eigenvalue weighted by Gasteiger charge is -2.14. The van der Waals surface area contributed by atoms with Crippen molar-refractivity contribution in [1.29, 1.82) is 0 Å². The Hall–Kier alpha value is -0.420. The molecule has 1 aliphatic heterocycles. The molecule has 0 amide bonds. The number of aliphatic hydroxyl groups is 1. The lowest BCUT2D eigenvalue weighted by molar-refractivity contribution is -0.0709. The molecular weight excluding hydrogens is 212 g/mol. The first kappa shape index (κ1) is 11.1. The van der Waals surface area contributed by atoms with E-state index in [9.17, 15) is 5.11 Å². The minimum atomic E-state index is -0.326. The van der Waals surface area contributed by atoms with Gasteiger partial charge in [0.15, 0.2) is 6.29 Å². The first-order valence-electron chi connectivity index (χ1n) is 5.27. The molecule has 3 nitrogen and oxygen atoms in total. The molecule has 1 aliphatic rings. The highest BCUT2D eigenvalue weighted by molar-refractivity contribution is 7.07. The smallest absolute Gasteiger partial charge is 0.160 e. The van der Waals surface area contributed by atoms with Crippen molar-refractivity contribution in [2.75, 3.05) is 13.2 Å². The third-order valence-corrected chi connectivity index (χ3v) is 3.23. The Balaban J connectivity index is 1.66. The lowest BCUT2D eigenvalue weighted by Crippen LogP contribution is -2.18. The zero-order valence-corrected chi connectivity index (χ0v) is 9.41. The van der Waals surface area contributed by atoms with E-state index in [0.29, 0.717) is 19.6 Å². The van der Waals surface area contributed by atoms with Crippen LogP contribution in [-0.2, 0) is 15.9 Å². The molecule has 0 saturated carbocycles. The third-order valence-electron chi connectivity index (χ3n) is 2.50. The van der Waals surface area contributed by atoms with Crippen molar-refractivity contribution in [3.8, 4) is 0 Å². The number of hydrogen-bond acceptors (Lipinski definition) is 4. The normalized spacial score (nSPS) is 19.5. The topological polar surface area (TPSA) is 38.7 Å². The van der Waals surface area contributed by atoms with E-state index < -0.39 is 0 Å². The number of thiophene rings is 1. The van der Waals surface area contributed by atoms with Crippen LogP contribution in [0, 0.1) is 0 Å². The molecule has 1 N–H and O–H groups in total. The summed E-state index contributed by atoms with van der Waals surface area (Å²) in [5.41, 5.74) is 1.30. The molecule has 1 aromatic rings. The lowest BCUT2D eigenvalue weighted by atomic mass is 10.1. The van der Waals surface area contributed by atoms with Crippen molar-refractivity contribution in [1.82, 2.24) is 0 Å². The van der Waals surface area contributed by atoms with Crippen LogP contribution in [0.3, 0.4) is 0 Å². The van der Waals surface area contributed by atoms with Crippen molar-refractivity contribution in [3.05, 3.63) is 22.4 Å². The molecule has 0 radical (unpaired) electrons. The molecule has 1 atom stereocenters. The second-order valence-electron chi connectivity index (χ2n) is 3.73. The second-order valence-corrected chi connectivity index (χ2v) is 4.51. The van der Waals surface area contributed by atoms with Gasteiger partial charge in [-0.05, 0) is 35.2 Å². The van der Waals surface area contributed by atoms with Gasteiger partial charge >= 0.3 is 0 Å². The Morgan fingerprint density at radius 2 is 2.27 bits per heavy atom. The van der Waals surface area contributed by atoms with Crippen LogP contribution in [-0.4, -0.2) is 30.7 Å². The molecule has 15 heavy (non-hydrogen) atoms. The van der Waals surface area contributed by atoms with Crippen LogP contribution in [0.25, 0.3) is 0 Å². The average Bonchev–Trinajstić information content (AvgIpc) is 2.86. The predicted octanol–water partition coefficient (Wildman–Crippen LogP) is 1.80. The maximum absolute atomic E-state index is 9.75. The van der Waals surface area contributed by atoms with E-state index in [1.54, 1.807) is 11.3 Å². The van der Waals surface area contributed by atoms with Crippen LogP contribution in [0.15, 0.2) is 16.8 Å². The second kappa shape index (κ2) is 5.61. The van der Waals surface area contributed by atoms with Gasteiger partial charge < -0.3 is 14.6 Å². The Morgan fingerprint density at radius 1 is 1.47 bits per heavy atom. The molecule has 1 unspecified atom stereocenters. The summed E-state index contributed by atoms with van der Waals surface area (Å²) in [7, 11) is 0. The molecule has 4 heteroatoms. The summed E-state index contributed by atoms with van der Waals surface area (Å²) in [6, 6.07) is 2.10. The van der Waals surface area contributed by atoms with Gasteiger partial charge in [0.25, 0.3) is 0 Å². The SMILES string of the molecule is OC(CCc1ccsc1)CC1OCCO1. The van der Waals surface area contributed by atoms with Crippen LogP contribution in [0.5, 0.6) is 0 Å². The molecule has 0 aliphatic carbocycles. The Kier molecular flexibility index (Phi) is 4.14.